The van der Waals surface area contributed by atoms with Crippen molar-refractivity contribution in [3.8, 4) is 6.07 Å². The molecule has 0 aliphatic carbocycles. The molecule has 0 saturated carbocycles. The zero-order valence-corrected chi connectivity index (χ0v) is 10.9. The molecule has 0 N–H and O–H groups in total. The maximum atomic E-state index is 11.3. The predicted molar refractivity (Wildman–Crippen MR) is 71.5 cm³/mol. The number of rotatable bonds is 2. The van der Waals surface area contributed by atoms with E-state index in [2.05, 4.69) is 17.0 Å². The van der Waals surface area contributed by atoms with Crippen molar-refractivity contribution >= 4 is 11.5 Å². The highest BCUT2D eigenvalue weighted by Crippen LogP contribution is 2.27. The number of Topliss-reactive ketones (excluding diaryl/α,β-unsaturated/α-hetero) is 1. The molecule has 0 spiro atoms. The van der Waals surface area contributed by atoms with Crippen molar-refractivity contribution in [1.82, 2.24) is 0 Å². The van der Waals surface area contributed by atoms with Gasteiger partial charge in [-0.2, -0.15) is 5.26 Å². The van der Waals surface area contributed by atoms with Gasteiger partial charge in [-0.25, -0.2) is 0 Å². The SMILES string of the molecule is CC(=O)C1CCN(c2cc(C)ccc2C#N)CC1. The lowest BCUT2D eigenvalue weighted by Crippen LogP contribution is -2.36. The fraction of sp³-hybridized carbons (Fsp3) is 0.467. The smallest absolute Gasteiger partial charge is 0.133 e. The number of nitriles is 1. The Labute approximate surface area is 108 Å². The number of hydrogen-bond donors (Lipinski definition) is 0. The van der Waals surface area contributed by atoms with E-state index in [1.807, 2.05) is 19.1 Å². The van der Waals surface area contributed by atoms with E-state index < -0.39 is 0 Å². The molecule has 1 saturated heterocycles. The van der Waals surface area contributed by atoms with Gasteiger partial charge in [-0.15, -0.1) is 0 Å². The van der Waals surface area contributed by atoms with E-state index in [4.69, 9.17) is 5.26 Å². The normalized spacial score (nSPS) is 16.4. The Bertz CT molecular complexity index is 494. The van der Waals surface area contributed by atoms with Gasteiger partial charge >= 0.3 is 0 Å². The molecule has 0 aromatic heterocycles. The van der Waals surface area contributed by atoms with Crippen LogP contribution in [0.4, 0.5) is 5.69 Å². The Morgan fingerprint density at radius 2 is 2.06 bits per heavy atom. The minimum atomic E-state index is 0.205. The maximum absolute atomic E-state index is 11.3. The average Bonchev–Trinajstić information content (AvgIpc) is 2.39. The molecule has 1 aromatic carbocycles. The van der Waals surface area contributed by atoms with E-state index in [9.17, 15) is 4.79 Å². The van der Waals surface area contributed by atoms with E-state index >= 15 is 0 Å². The van der Waals surface area contributed by atoms with Gasteiger partial charge in [0, 0.05) is 19.0 Å². The lowest BCUT2D eigenvalue weighted by molar-refractivity contribution is -0.121. The molecular formula is C15H18N2O. The third-order valence-electron chi connectivity index (χ3n) is 3.68. The van der Waals surface area contributed by atoms with Gasteiger partial charge in [-0.1, -0.05) is 6.07 Å². The topological polar surface area (TPSA) is 44.1 Å². The van der Waals surface area contributed by atoms with Crippen LogP contribution in [0.15, 0.2) is 18.2 Å². The second-order valence-electron chi connectivity index (χ2n) is 5.00. The standard InChI is InChI=1S/C15H18N2O/c1-11-3-4-14(10-16)15(9-11)17-7-5-13(6-8-17)12(2)18/h3-4,9,13H,5-8H2,1-2H3. The van der Waals surface area contributed by atoms with E-state index in [-0.39, 0.29) is 5.92 Å². The molecule has 1 aromatic rings. The van der Waals surface area contributed by atoms with Crippen LogP contribution >= 0.6 is 0 Å². The van der Waals surface area contributed by atoms with Crippen LogP contribution in [0.2, 0.25) is 0 Å². The Kier molecular flexibility index (Phi) is 3.66. The number of carbonyl (C=O) groups excluding carboxylic acids is 1. The summed E-state index contributed by atoms with van der Waals surface area (Å²) >= 11 is 0. The van der Waals surface area contributed by atoms with Crippen LogP contribution in [-0.4, -0.2) is 18.9 Å². The van der Waals surface area contributed by atoms with Gasteiger partial charge in [0.05, 0.1) is 11.3 Å². The van der Waals surface area contributed by atoms with Crippen molar-refractivity contribution < 1.29 is 4.79 Å². The highest BCUT2D eigenvalue weighted by Gasteiger charge is 2.23. The molecule has 0 atom stereocenters. The zero-order valence-electron chi connectivity index (χ0n) is 10.9. The van der Waals surface area contributed by atoms with Gasteiger partial charge in [0.1, 0.15) is 11.9 Å². The minimum Gasteiger partial charge on any atom is -0.370 e. The molecule has 2 rings (SSSR count). The van der Waals surface area contributed by atoms with Crippen LogP contribution in [0.5, 0.6) is 0 Å². The van der Waals surface area contributed by atoms with Crippen LogP contribution in [0.3, 0.4) is 0 Å². The number of hydrogen-bond acceptors (Lipinski definition) is 3. The van der Waals surface area contributed by atoms with Crippen molar-refractivity contribution in [3.05, 3.63) is 29.3 Å². The van der Waals surface area contributed by atoms with Crippen molar-refractivity contribution in [2.75, 3.05) is 18.0 Å². The van der Waals surface area contributed by atoms with Crippen LogP contribution in [0.1, 0.15) is 30.9 Å². The first-order chi connectivity index (χ1) is 8.61. The van der Waals surface area contributed by atoms with Crippen molar-refractivity contribution in [2.45, 2.75) is 26.7 Å². The minimum absolute atomic E-state index is 0.205. The zero-order chi connectivity index (χ0) is 13.1. The molecule has 0 amide bonds. The molecule has 1 aliphatic heterocycles. The quantitative estimate of drug-likeness (QED) is 0.800. The molecule has 1 fully saturated rings. The van der Waals surface area contributed by atoms with Gasteiger partial charge in [-0.05, 0) is 44.4 Å². The first-order valence-corrected chi connectivity index (χ1v) is 6.38. The highest BCUT2D eigenvalue weighted by atomic mass is 16.1. The van der Waals surface area contributed by atoms with Crippen molar-refractivity contribution in [3.63, 3.8) is 0 Å². The summed E-state index contributed by atoms with van der Waals surface area (Å²) in [5.41, 5.74) is 2.90. The lowest BCUT2D eigenvalue weighted by Gasteiger charge is -2.33. The molecule has 0 bridgehead atoms. The fourth-order valence-corrected chi connectivity index (χ4v) is 2.52. The average molecular weight is 242 g/mol. The predicted octanol–water partition coefficient (Wildman–Crippen LogP) is 2.67. The second-order valence-corrected chi connectivity index (χ2v) is 5.00. The molecule has 3 heteroatoms. The summed E-state index contributed by atoms with van der Waals surface area (Å²) in [5, 5.41) is 9.15. The van der Waals surface area contributed by atoms with Gasteiger partial charge in [0.2, 0.25) is 0 Å². The summed E-state index contributed by atoms with van der Waals surface area (Å²) in [6, 6.07) is 8.15. The lowest BCUT2D eigenvalue weighted by atomic mass is 9.92. The van der Waals surface area contributed by atoms with Crippen LogP contribution in [-0.2, 0) is 4.79 Å². The fourth-order valence-electron chi connectivity index (χ4n) is 2.52. The Balaban J connectivity index is 2.17. The molecule has 1 aliphatic rings. The molecule has 0 radical (unpaired) electrons. The first-order valence-electron chi connectivity index (χ1n) is 6.38. The molecule has 0 unspecified atom stereocenters. The molecular weight excluding hydrogens is 224 g/mol. The first kappa shape index (κ1) is 12.6. The molecule has 18 heavy (non-hydrogen) atoms. The van der Waals surface area contributed by atoms with Crippen molar-refractivity contribution in [2.24, 2.45) is 5.92 Å². The molecule has 94 valence electrons. The molecule has 3 nitrogen and oxygen atoms in total. The summed E-state index contributed by atoms with van der Waals surface area (Å²) in [6.45, 7) is 5.44. The Hall–Kier alpha value is -1.82. The number of carbonyl (C=O) groups is 1. The van der Waals surface area contributed by atoms with Crippen LogP contribution in [0, 0.1) is 24.2 Å². The Morgan fingerprint density at radius 3 is 2.61 bits per heavy atom. The molecule has 1 heterocycles. The largest absolute Gasteiger partial charge is 0.370 e. The highest BCUT2D eigenvalue weighted by molar-refractivity contribution is 5.78. The number of aryl methyl sites for hydroxylation is 1. The Morgan fingerprint density at radius 1 is 1.39 bits per heavy atom. The van der Waals surface area contributed by atoms with Gasteiger partial charge in [-0.3, -0.25) is 4.79 Å². The van der Waals surface area contributed by atoms with Crippen LogP contribution < -0.4 is 4.90 Å². The summed E-state index contributed by atoms with van der Waals surface area (Å²) in [4.78, 5) is 13.6. The number of anilines is 1. The summed E-state index contributed by atoms with van der Waals surface area (Å²) in [6.07, 6.45) is 1.79. The van der Waals surface area contributed by atoms with E-state index in [0.717, 1.165) is 42.7 Å². The van der Waals surface area contributed by atoms with E-state index in [1.54, 1.807) is 6.92 Å². The second kappa shape index (κ2) is 5.22. The summed E-state index contributed by atoms with van der Waals surface area (Å²) < 4.78 is 0. The van der Waals surface area contributed by atoms with Crippen LogP contribution in [0.25, 0.3) is 0 Å². The van der Waals surface area contributed by atoms with E-state index in [1.165, 1.54) is 0 Å². The summed E-state index contributed by atoms with van der Waals surface area (Å²) in [5.74, 6) is 0.496. The number of nitrogens with zero attached hydrogens (tertiary/aromatic N) is 2. The van der Waals surface area contributed by atoms with Gasteiger partial charge in [0.15, 0.2) is 0 Å². The number of piperidine rings is 1. The summed E-state index contributed by atoms with van der Waals surface area (Å²) in [7, 11) is 0. The third-order valence-corrected chi connectivity index (χ3v) is 3.68. The number of ketones is 1. The maximum Gasteiger partial charge on any atom is 0.133 e. The van der Waals surface area contributed by atoms with Gasteiger partial charge in [0.25, 0.3) is 0 Å². The third kappa shape index (κ3) is 2.53. The number of benzene rings is 1. The monoisotopic (exact) mass is 242 g/mol. The van der Waals surface area contributed by atoms with E-state index in [0.29, 0.717) is 5.78 Å². The van der Waals surface area contributed by atoms with Crippen molar-refractivity contribution in [1.29, 1.82) is 5.26 Å². The van der Waals surface area contributed by atoms with Gasteiger partial charge < -0.3 is 4.90 Å².